The Balaban J connectivity index is 1.75. The summed E-state index contributed by atoms with van der Waals surface area (Å²) in [6.07, 6.45) is -4.05. The number of rotatable bonds is 3. The average molecular weight is 336 g/mol. The SMILES string of the molecule is N#Cc1ccsc1NC(=O)[C@H]1C[C@H]1c1ccccc1C(F)(F)F. The van der Waals surface area contributed by atoms with E-state index in [9.17, 15) is 18.0 Å². The molecule has 3 rings (SSSR count). The third-order valence-corrected chi connectivity index (χ3v) is 4.65. The number of alkyl halides is 3. The molecule has 0 bridgehead atoms. The fraction of sp³-hybridized carbons (Fsp3) is 0.250. The molecule has 1 heterocycles. The second kappa shape index (κ2) is 5.70. The quantitative estimate of drug-likeness (QED) is 0.904. The lowest BCUT2D eigenvalue weighted by molar-refractivity contribution is -0.138. The van der Waals surface area contributed by atoms with E-state index in [-0.39, 0.29) is 11.5 Å². The van der Waals surface area contributed by atoms with E-state index < -0.39 is 23.6 Å². The van der Waals surface area contributed by atoms with E-state index in [4.69, 9.17) is 5.26 Å². The molecule has 23 heavy (non-hydrogen) atoms. The van der Waals surface area contributed by atoms with Crippen LogP contribution in [0.5, 0.6) is 0 Å². The van der Waals surface area contributed by atoms with Gasteiger partial charge in [0.2, 0.25) is 5.91 Å². The van der Waals surface area contributed by atoms with E-state index in [2.05, 4.69) is 5.32 Å². The van der Waals surface area contributed by atoms with Crippen molar-refractivity contribution in [3.05, 3.63) is 52.4 Å². The number of nitrogens with zero attached hydrogens (tertiary/aromatic N) is 1. The first kappa shape index (κ1) is 15.6. The van der Waals surface area contributed by atoms with Crippen LogP contribution >= 0.6 is 11.3 Å². The van der Waals surface area contributed by atoms with E-state index in [1.165, 1.54) is 23.5 Å². The Kier molecular flexibility index (Phi) is 3.86. The Hall–Kier alpha value is -2.33. The summed E-state index contributed by atoms with van der Waals surface area (Å²) >= 11 is 1.22. The van der Waals surface area contributed by atoms with Gasteiger partial charge in [-0.05, 0) is 35.4 Å². The van der Waals surface area contributed by atoms with Crippen LogP contribution in [0.2, 0.25) is 0 Å². The maximum absolute atomic E-state index is 13.0. The van der Waals surface area contributed by atoms with Gasteiger partial charge in [0, 0.05) is 5.92 Å². The number of halogens is 3. The minimum atomic E-state index is -4.43. The minimum absolute atomic E-state index is 0.159. The zero-order valence-corrected chi connectivity index (χ0v) is 12.5. The van der Waals surface area contributed by atoms with Crippen molar-refractivity contribution < 1.29 is 18.0 Å². The van der Waals surface area contributed by atoms with E-state index >= 15 is 0 Å². The Bertz CT molecular complexity index is 791. The van der Waals surface area contributed by atoms with Crippen molar-refractivity contribution in [2.45, 2.75) is 18.5 Å². The molecule has 1 aliphatic carbocycles. The van der Waals surface area contributed by atoms with Crippen molar-refractivity contribution in [2.75, 3.05) is 5.32 Å². The molecule has 1 aliphatic rings. The molecule has 2 atom stereocenters. The predicted octanol–water partition coefficient (Wildman–Crippen LogP) is 4.38. The number of hydrogen-bond acceptors (Lipinski definition) is 3. The van der Waals surface area contributed by atoms with Gasteiger partial charge in [-0.2, -0.15) is 18.4 Å². The summed E-state index contributed by atoms with van der Waals surface area (Å²) < 4.78 is 39.1. The van der Waals surface area contributed by atoms with Gasteiger partial charge in [0.1, 0.15) is 11.1 Å². The first-order valence-corrected chi connectivity index (χ1v) is 7.74. The summed E-state index contributed by atoms with van der Waals surface area (Å²) in [5, 5.41) is 13.7. The largest absolute Gasteiger partial charge is 0.416 e. The zero-order valence-electron chi connectivity index (χ0n) is 11.7. The molecule has 118 valence electrons. The van der Waals surface area contributed by atoms with E-state index in [0.717, 1.165) is 6.07 Å². The monoisotopic (exact) mass is 336 g/mol. The van der Waals surface area contributed by atoms with Crippen molar-refractivity contribution in [1.82, 2.24) is 0 Å². The highest BCUT2D eigenvalue weighted by Crippen LogP contribution is 2.51. The average Bonchev–Trinajstić information content (AvgIpc) is 3.20. The first-order chi connectivity index (χ1) is 10.9. The van der Waals surface area contributed by atoms with Gasteiger partial charge in [-0.1, -0.05) is 18.2 Å². The normalized spacial score (nSPS) is 19.9. The summed E-state index contributed by atoms with van der Waals surface area (Å²) in [5.41, 5.74) is -0.169. The van der Waals surface area contributed by atoms with Gasteiger partial charge in [0.05, 0.1) is 11.1 Å². The van der Waals surface area contributed by atoms with E-state index in [1.54, 1.807) is 17.5 Å². The van der Waals surface area contributed by atoms with Crippen LogP contribution in [0.4, 0.5) is 18.2 Å². The van der Waals surface area contributed by atoms with Gasteiger partial charge in [-0.15, -0.1) is 11.3 Å². The van der Waals surface area contributed by atoms with Crippen LogP contribution in [0.25, 0.3) is 0 Å². The van der Waals surface area contributed by atoms with Gasteiger partial charge < -0.3 is 5.32 Å². The maximum Gasteiger partial charge on any atom is 0.416 e. The van der Waals surface area contributed by atoms with Crippen LogP contribution in [0.15, 0.2) is 35.7 Å². The second-order valence-electron chi connectivity index (χ2n) is 5.30. The smallest absolute Gasteiger partial charge is 0.316 e. The second-order valence-corrected chi connectivity index (χ2v) is 6.21. The number of carbonyl (C=O) groups is 1. The molecule has 1 N–H and O–H groups in total. The van der Waals surface area contributed by atoms with Gasteiger partial charge in [-0.3, -0.25) is 4.79 Å². The van der Waals surface area contributed by atoms with Gasteiger partial charge in [-0.25, -0.2) is 0 Å². The van der Waals surface area contributed by atoms with Crippen molar-refractivity contribution in [2.24, 2.45) is 5.92 Å². The molecule has 7 heteroatoms. The van der Waals surface area contributed by atoms with Crippen molar-refractivity contribution in [1.29, 1.82) is 5.26 Å². The molecule has 1 aromatic carbocycles. The first-order valence-electron chi connectivity index (χ1n) is 6.86. The summed E-state index contributed by atoms with van der Waals surface area (Å²) in [7, 11) is 0. The topological polar surface area (TPSA) is 52.9 Å². The number of benzene rings is 1. The molecule has 1 amide bonds. The highest BCUT2D eigenvalue weighted by Gasteiger charge is 2.47. The number of hydrogen-bond donors (Lipinski definition) is 1. The highest BCUT2D eigenvalue weighted by molar-refractivity contribution is 7.14. The molecule has 1 saturated carbocycles. The van der Waals surface area contributed by atoms with Crippen molar-refractivity contribution in [3.63, 3.8) is 0 Å². The number of carbonyl (C=O) groups excluding carboxylic acids is 1. The zero-order chi connectivity index (χ0) is 16.6. The number of thiophene rings is 1. The Labute approximate surface area is 134 Å². The van der Waals surface area contributed by atoms with E-state index in [1.807, 2.05) is 6.07 Å². The standard InChI is InChI=1S/C16H11F3N2OS/c17-16(18,19)13-4-2-1-3-10(13)11-7-12(11)14(22)21-15-9(8-20)5-6-23-15/h1-6,11-12H,7H2,(H,21,22)/t11-,12-/m0/s1. The van der Waals surface area contributed by atoms with Crippen LogP contribution in [0.1, 0.15) is 29.0 Å². The molecule has 0 saturated heterocycles. The number of amides is 1. The van der Waals surface area contributed by atoms with Crippen LogP contribution in [0, 0.1) is 17.2 Å². The molecule has 0 spiro atoms. The van der Waals surface area contributed by atoms with E-state index in [0.29, 0.717) is 17.0 Å². The maximum atomic E-state index is 13.0. The van der Waals surface area contributed by atoms with Gasteiger partial charge in [0.25, 0.3) is 0 Å². The summed E-state index contributed by atoms with van der Waals surface area (Å²) in [6, 6.07) is 8.90. The third-order valence-electron chi connectivity index (χ3n) is 3.82. The molecule has 0 radical (unpaired) electrons. The Morgan fingerprint density at radius 1 is 1.30 bits per heavy atom. The minimum Gasteiger partial charge on any atom is -0.316 e. The van der Waals surface area contributed by atoms with Gasteiger partial charge >= 0.3 is 6.18 Å². The Morgan fingerprint density at radius 3 is 2.74 bits per heavy atom. The molecule has 3 nitrogen and oxygen atoms in total. The fourth-order valence-corrected chi connectivity index (χ4v) is 3.35. The van der Waals surface area contributed by atoms with Crippen molar-refractivity contribution >= 4 is 22.2 Å². The van der Waals surface area contributed by atoms with Crippen LogP contribution < -0.4 is 5.32 Å². The lowest BCUT2D eigenvalue weighted by atomic mass is 10.0. The summed E-state index contributed by atoms with van der Waals surface area (Å²) in [4.78, 5) is 12.2. The third kappa shape index (κ3) is 3.08. The highest BCUT2D eigenvalue weighted by atomic mass is 32.1. The molecule has 1 aromatic heterocycles. The summed E-state index contributed by atoms with van der Waals surface area (Å²) in [5.74, 6) is -1.27. The van der Waals surface area contributed by atoms with Crippen molar-refractivity contribution in [3.8, 4) is 6.07 Å². The van der Waals surface area contributed by atoms with Crippen LogP contribution in [-0.4, -0.2) is 5.91 Å². The number of nitrogens with one attached hydrogen (secondary N) is 1. The van der Waals surface area contributed by atoms with Crippen LogP contribution in [0.3, 0.4) is 0 Å². The van der Waals surface area contributed by atoms with Gasteiger partial charge in [0.15, 0.2) is 0 Å². The predicted molar refractivity (Wildman–Crippen MR) is 80.0 cm³/mol. The molecule has 0 unspecified atom stereocenters. The lowest BCUT2D eigenvalue weighted by Crippen LogP contribution is -2.15. The summed E-state index contributed by atoms with van der Waals surface area (Å²) in [6.45, 7) is 0. The number of anilines is 1. The molecule has 1 fully saturated rings. The lowest BCUT2D eigenvalue weighted by Gasteiger charge is -2.12. The number of nitriles is 1. The molecular formula is C16H11F3N2OS. The van der Waals surface area contributed by atoms with Crippen LogP contribution in [-0.2, 0) is 11.0 Å². The molecular weight excluding hydrogens is 325 g/mol. The Morgan fingerprint density at radius 2 is 2.04 bits per heavy atom. The molecule has 0 aliphatic heterocycles. The fourth-order valence-electron chi connectivity index (χ4n) is 2.61. The molecule has 2 aromatic rings.